The van der Waals surface area contributed by atoms with Gasteiger partial charge in [-0.2, -0.15) is 0 Å². The van der Waals surface area contributed by atoms with Gasteiger partial charge in [-0.3, -0.25) is 4.79 Å². The Hall–Kier alpha value is -2.49. The molecule has 23 heavy (non-hydrogen) atoms. The van der Waals surface area contributed by atoms with Crippen molar-refractivity contribution in [3.05, 3.63) is 54.1 Å². The van der Waals surface area contributed by atoms with Gasteiger partial charge in [0, 0.05) is 11.3 Å². The Morgan fingerprint density at radius 2 is 1.52 bits per heavy atom. The van der Waals surface area contributed by atoms with Crippen LogP contribution in [-0.2, 0) is 0 Å². The Labute approximate surface area is 137 Å². The first-order valence-electron chi connectivity index (χ1n) is 7.85. The summed E-state index contributed by atoms with van der Waals surface area (Å²) in [6.07, 6.45) is 0. The molecule has 0 aliphatic rings. The summed E-state index contributed by atoms with van der Waals surface area (Å²) >= 11 is 0. The van der Waals surface area contributed by atoms with E-state index in [-0.39, 0.29) is 5.91 Å². The summed E-state index contributed by atoms with van der Waals surface area (Å²) in [6.45, 7) is 7.41. The van der Waals surface area contributed by atoms with Crippen molar-refractivity contribution < 1.29 is 14.3 Å². The number of hydrogen-bond donors (Lipinski definition) is 1. The van der Waals surface area contributed by atoms with E-state index in [1.807, 2.05) is 43.3 Å². The zero-order valence-corrected chi connectivity index (χ0v) is 13.8. The maximum Gasteiger partial charge on any atom is 0.255 e. The zero-order valence-electron chi connectivity index (χ0n) is 13.8. The van der Waals surface area contributed by atoms with E-state index < -0.39 is 0 Å². The van der Waals surface area contributed by atoms with Gasteiger partial charge in [-0.25, -0.2) is 0 Å². The molecule has 0 aliphatic carbocycles. The normalized spacial score (nSPS) is 10.4. The quantitative estimate of drug-likeness (QED) is 0.825. The molecular weight excluding hydrogens is 290 g/mol. The van der Waals surface area contributed by atoms with Crippen LogP contribution >= 0.6 is 0 Å². The topological polar surface area (TPSA) is 47.6 Å². The van der Waals surface area contributed by atoms with Gasteiger partial charge in [-0.15, -0.1) is 0 Å². The Balaban J connectivity index is 1.94. The first-order valence-corrected chi connectivity index (χ1v) is 7.85. The third-order valence-electron chi connectivity index (χ3n) is 3.12. The Morgan fingerprint density at radius 1 is 0.957 bits per heavy atom. The molecule has 0 spiro atoms. The van der Waals surface area contributed by atoms with Crippen LogP contribution in [0.15, 0.2) is 48.5 Å². The van der Waals surface area contributed by atoms with Crippen LogP contribution in [-0.4, -0.2) is 19.1 Å². The number of anilines is 1. The first kappa shape index (κ1) is 16.9. The molecule has 0 saturated carbocycles. The predicted octanol–water partition coefficient (Wildman–Crippen LogP) is 4.37. The van der Waals surface area contributed by atoms with E-state index in [9.17, 15) is 4.79 Å². The lowest BCUT2D eigenvalue weighted by atomic mass is 10.2. The lowest BCUT2D eigenvalue weighted by molar-refractivity contribution is 0.102. The number of rotatable bonds is 7. The van der Waals surface area contributed by atoms with Crippen LogP contribution in [0.2, 0.25) is 0 Å². The average molecular weight is 313 g/mol. The molecule has 0 unspecified atom stereocenters. The van der Waals surface area contributed by atoms with E-state index in [0.717, 1.165) is 17.2 Å². The van der Waals surface area contributed by atoms with Gasteiger partial charge < -0.3 is 14.8 Å². The molecule has 122 valence electrons. The highest BCUT2D eigenvalue weighted by atomic mass is 16.5. The molecule has 2 rings (SSSR count). The van der Waals surface area contributed by atoms with Crippen LogP contribution in [0.25, 0.3) is 0 Å². The molecule has 0 heterocycles. The summed E-state index contributed by atoms with van der Waals surface area (Å²) in [7, 11) is 0. The van der Waals surface area contributed by atoms with Gasteiger partial charge in [0.15, 0.2) is 0 Å². The van der Waals surface area contributed by atoms with Crippen molar-refractivity contribution in [1.82, 2.24) is 0 Å². The molecule has 0 bridgehead atoms. The molecule has 0 aliphatic heterocycles. The monoisotopic (exact) mass is 313 g/mol. The molecule has 2 aromatic rings. The van der Waals surface area contributed by atoms with Crippen molar-refractivity contribution in [1.29, 1.82) is 0 Å². The minimum atomic E-state index is -0.149. The second-order valence-corrected chi connectivity index (χ2v) is 5.64. The van der Waals surface area contributed by atoms with Crippen molar-refractivity contribution in [2.45, 2.75) is 20.8 Å². The second-order valence-electron chi connectivity index (χ2n) is 5.64. The summed E-state index contributed by atoms with van der Waals surface area (Å²) in [5.41, 5.74) is 1.33. The number of nitrogens with one attached hydrogen (secondary N) is 1. The maximum atomic E-state index is 12.2. The van der Waals surface area contributed by atoms with Gasteiger partial charge in [0.05, 0.1) is 13.2 Å². The van der Waals surface area contributed by atoms with Gasteiger partial charge in [0.25, 0.3) is 5.91 Å². The lowest BCUT2D eigenvalue weighted by Crippen LogP contribution is -2.12. The van der Waals surface area contributed by atoms with Crippen molar-refractivity contribution in [3.8, 4) is 11.5 Å². The number of benzene rings is 2. The standard InChI is InChI=1S/C19H23NO3/c1-4-22-17-11-7-16(8-12-17)20-19(21)15-5-9-18(10-6-15)23-13-14(2)3/h5-12,14H,4,13H2,1-3H3,(H,20,21). The van der Waals surface area contributed by atoms with E-state index in [2.05, 4.69) is 19.2 Å². The molecule has 1 amide bonds. The van der Waals surface area contributed by atoms with Crippen LogP contribution in [0.3, 0.4) is 0 Å². The van der Waals surface area contributed by atoms with Crippen molar-refractivity contribution >= 4 is 11.6 Å². The number of amides is 1. The van der Waals surface area contributed by atoms with Gasteiger partial charge in [0.1, 0.15) is 11.5 Å². The van der Waals surface area contributed by atoms with Crippen LogP contribution in [0.1, 0.15) is 31.1 Å². The van der Waals surface area contributed by atoms with Crippen molar-refractivity contribution in [3.63, 3.8) is 0 Å². The molecule has 0 radical (unpaired) electrons. The summed E-state index contributed by atoms with van der Waals surface area (Å²) in [4.78, 5) is 12.2. The number of ether oxygens (including phenoxy) is 2. The Bertz CT molecular complexity index is 618. The molecule has 2 aromatic carbocycles. The van der Waals surface area contributed by atoms with Crippen molar-refractivity contribution in [2.24, 2.45) is 5.92 Å². The Kier molecular flexibility index (Phi) is 6.03. The summed E-state index contributed by atoms with van der Waals surface area (Å²) in [5, 5.41) is 2.86. The Morgan fingerprint density at radius 3 is 2.09 bits per heavy atom. The van der Waals surface area contributed by atoms with Gasteiger partial charge >= 0.3 is 0 Å². The van der Waals surface area contributed by atoms with Crippen LogP contribution in [0.4, 0.5) is 5.69 Å². The van der Waals surface area contributed by atoms with Gasteiger partial charge in [-0.1, -0.05) is 13.8 Å². The average Bonchev–Trinajstić information content (AvgIpc) is 2.55. The van der Waals surface area contributed by atoms with Crippen LogP contribution < -0.4 is 14.8 Å². The molecule has 1 N–H and O–H groups in total. The summed E-state index contributed by atoms with van der Waals surface area (Å²) < 4.78 is 11.0. The summed E-state index contributed by atoms with van der Waals surface area (Å²) in [5.74, 6) is 1.88. The number of carbonyl (C=O) groups excluding carboxylic acids is 1. The fourth-order valence-electron chi connectivity index (χ4n) is 1.97. The van der Waals surface area contributed by atoms with E-state index >= 15 is 0 Å². The lowest BCUT2D eigenvalue weighted by Gasteiger charge is -2.10. The minimum Gasteiger partial charge on any atom is -0.494 e. The zero-order chi connectivity index (χ0) is 16.7. The first-order chi connectivity index (χ1) is 11.1. The molecular formula is C19H23NO3. The van der Waals surface area contributed by atoms with Crippen LogP contribution in [0.5, 0.6) is 11.5 Å². The minimum absolute atomic E-state index is 0.149. The second kappa shape index (κ2) is 8.22. The third kappa shape index (κ3) is 5.33. The fourth-order valence-corrected chi connectivity index (χ4v) is 1.97. The van der Waals surface area contributed by atoms with E-state index in [1.165, 1.54) is 0 Å². The van der Waals surface area contributed by atoms with Crippen LogP contribution in [0, 0.1) is 5.92 Å². The fraction of sp³-hybridized carbons (Fsp3) is 0.316. The van der Waals surface area contributed by atoms with E-state index in [1.54, 1.807) is 12.1 Å². The molecule has 4 nitrogen and oxygen atoms in total. The smallest absolute Gasteiger partial charge is 0.255 e. The number of hydrogen-bond acceptors (Lipinski definition) is 3. The maximum absolute atomic E-state index is 12.2. The molecule has 0 aromatic heterocycles. The molecule has 0 atom stereocenters. The van der Waals surface area contributed by atoms with E-state index in [4.69, 9.17) is 9.47 Å². The number of carbonyl (C=O) groups is 1. The van der Waals surface area contributed by atoms with E-state index in [0.29, 0.717) is 24.7 Å². The SMILES string of the molecule is CCOc1ccc(NC(=O)c2ccc(OCC(C)C)cc2)cc1. The highest BCUT2D eigenvalue weighted by Gasteiger charge is 2.07. The van der Waals surface area contributed by atoms with Crippen molar-refractivity contribution in [2.75, 3.05) is 18.5 Å². The molecule has 0 saturated heterocycles. The van der Waals surface area contributed by atoms with Gasteiger partial charge in [-0.05, 0) is 61.4 Å². The highest BCUT2D eigenvalue weighted by molar-refractivity contribution is 6.04. The molecule has 0 fully saturated rings. The predicted molar refractivity (Wildman–Crippen MR) is 92.3 cm³/mol. The van der Waals surface area contributed by atoms with Gasteiger partial charge in [0.2, 0.25) is 0 Å². The molecule has 4 heteroatoms. The summed E-state index contributed by atoms with van der Waals surface area (Å²) in [6, 6.07) is 14.5. The largest absolute Gasteiger partial charge is 0.494 e. The third-order valence-corrected chi connectivity index (χ3v) is 3.12. The highest BCUT2D eigenvalue weighted by Crippen LogP contribution is 2.18.